The molecule has 0 aliphatic heterocycles. The molecule has 7 nitrogen and oxygen atoms in total. The molecule has 1 aromatic carbocycles. The monoisotopic (exact) mass is 248 g/mol. The van der Waals surface area contributed by atoms with Crippen molar-refractivity contribution in [3.8, 4) is 11.5 Å². The van der Waals surface area contributed by atoms with Crippen molar-refractivity contribution in [3.63, 3.8) is 0 Å². The van der Waals surface area contributed by atoms with Gasteiger partial charge in [0.15, 0.2) is 5.82 Å². The van der Waals surface area contributed by atoms with Crippen LogP contribution in [-0.2, 0) is 6.42 Å². The number of hydrogen-bond acceptors (Lipinski definition) is 6. The first-order valence-corrected chi connectivity index (χ1v) is 5.42. The second-order valence-corrected chi connectivity index (χ2v) is 3.68. The van der Waals surface area contributed by atoms with E-state index in [-0.39, 0.29) is 5.69 Å². The third-order valence-electron chi connectivity index (χ3n) is 2.37. The minimum atomic E-state index is -0.457. The number of hydrogen-bond donors (Lipinski definition) is 1. The van der Waals surface area contributed by atoms with E-state index in [1.807, 2.05) is 7.05 Å². The largest absolute Gasteiger partial charge is 0.334 e. The van der Waals surface area contributed by atoms with Crippen molar-refractivity contribution in [2.24, 2.45) is 0 Å². The van der Waals surface area contributed by atoms with E-state index in [2.05, 4.69) is 15.5 Å². The Labute approximate surface area is 103 Å². The molecule has 2 aromatic rings. The lowest BCUT2D eigenvalue weighted by Gasteiger charge is -1.94. The molecule has 0 aliphatic carbocycles. The molecule has 0 bridgehead atoms. The fourth-order valence-electron chi connectivity index (χ4n) is 1.46. The number of non-ortho nitro benzene ring substituents is 1. The lowest BCUT2D eigenvalue weighted by Crippen LogP contribution is -2.10. The van der Waals surface area contributed by atoms with E-state index in [0.717, 1.165) is 6.54 Å². The third-order valence-corrected chi connectivity index (χ3v) is 2.37. The van der Waals surface area contributed by atoms with Gasteiger partial charge in [-0.2, -0.15) is 4.98 Å². The number of likely N-dealkylation sites (N-methyl/N-ethyl adjacent to an activating group) is 1. The van der Waals surface area contributed by atoms with Gasteiger partial charge in [0, 0.05) is 30.7 Å². The summed E-state index contributed by atoms with van der Waals surface area (Å²) >= 11 is 0. The van der Waals surface area contributed by atoms with Crippen LogP contribution in [0, 0.1) is 10.1 Å². The summed E-state index contributed by atoms with van der Waals surface area (Å²) in [6.45, 7) is 0.744. The third kappa shape index (κ3) is 2.69. The van der Waals surface area contributed by atoms with Gasteiger partial charge in [0.1, 0.15) is 0 Å². The molecule has 0 spiro atoms. The molecule has 94 valence electrons. The highest BCUT2D eigenvalue weighted by atomic mass is 16.6. The van der Waals surface area contributed by atoms with Crippen LogP contribution in [0.25, 0.3) is 11.5 Å². The van der Waals surface area contributed by atoms with Crippen molar-refractivity contribution in [1.82, 2.24) is 15.5 Å². The van der Waals surface area contributed by atoms with Gasteiger partial charge < -0.3 is 9.84 Å². The van der Waals surface area contributed by atoms with Crippen LogP contribution in [0.5, 0.6) is 0 Å². The molecule has 7 heteroatoms. The number of benzene rings is 1. The zero-order valence-electron chi connectivity index (χ0n) is 9.79. The van der Waals surface area contributed by atoms with Crippen LogP contribution >= 0.6 is 0 Å². The Kier molecular flexibility index (Phi) is 3.63. The maximum atomic E-state index is 10.7. The maximum absolute atomic E-state index is 10.7. The number of nitrogens with one attached hydrogen (secondary N) is 1. The Morgan fingerprint density at radius 2 is 2.33 bits per heavy atom. The average molecular weight is 248 g/mol. The molecule has 2 rings (SSSR count). The Hall–Kier alpha value is -2.28. The molecular weight excluding hydrogens is 236 g/mol. The summed E-state index contributed by atoms with van der Waals surface area (Å²) < 4.78 is 5.07. The lowest BCUT2D eigenvalue weighted by atomic mass is 10.2. The molecule has 0 amide bonds. The van der Waals surface area contributed by atoms with Crippen LogP contribution in [0.3, 0.4) is 0 Å². The van der Waals surface area contributed by atoms with E-state index in [1.54, 1.807) is 12.1 Å². The number of rotatable bonds is 5. The van der Waals surface area contributed by atoms with Crippen molar-refractivity contribution in [2.45, 2.75) is 6.42 Å². The quantitative estimate of drug-likeness (QED) is 0.635. The second-order valence-electron chi connectivity index (χ2n) is 3.68. The minimum absolute atomic E-state index is 0.00229. The SMILES string of the molecule is CNCCc1noc(-c2cccc([N+](=O)[O-])c2)n1. The molecule has 18 heavy (non-hydrogen) atoms. The fourth-order valence-corrected chi connectivity index (χ4v) is 1.46. The van der Waals surface area contributed by atoms with E-state index >= 15 is 0 Å². The summed E-state index contributed by atoms with van der Waals surface area (Å²) in [5.41, 5.74) is 0.551. The molecule has 1 heterocycles. The standard InChI is InChI=1S/C11H12N4O3/c1-12-6-5-10-13-11(18-14-10)8-3-2-4-9(7-8)15(16)17/h2-4,7,12H,5-6H2,1H3. The topological polar surface area (TPSA) is 94.1 Å². The Morgan fingerprint density at radius 1 is 1.50 bits per heavy atom. The summed E-state index contributed by atoms with van der Waals surface area (Å²) in [5, 5.41) is 17.4. The lowest BCUT2D eigenvalue weighted by molar-refractivity contribution is -0.384. The van der Waals surface area contributed by atoms with Crippen molar-refractivity contribution in [1.29, 1.82) is 0 Å². The van der Waals surface area contributed by atoms with Gasteiger partial charge in [-0.05, 0) is 13.1 Å². The summed E-state index contributed by atoms with van der Waals surface area (Å²) in [6, 6.07) is 6.12. The van der Waals surface area contributed by atoms with Gasteiger partial charge in [0.05, 0.1) is 4.92 Å². The second kappa shape index (κ2) is 5.37. The first-order valence-electron chi connectivity index (χ1n) is 5.42. The van der Waals surface area contributed by atoms with E-state index in [0.29, 0.717) is 23.7 Å². The van der Waals surface area contributed by atoms with Gasteiger partial charge in [-0.15, -0.1) is 0 Å². The number of aromatic nitrogens is 2. The summed E-state index contributed by atoms with van der Waals surface area (Å²) in [6.07, 6.45) is 0.648. The molecule has 1 N–H and O–H groups in total. The summed E-state index contributed by atoms with van der Waals surface area (Å²) in [5.74, 6) is 0.871. The Balaban J connectivity index is 2.23. The molecule has 0 saturated heterocycles. The smallest absolute Gasteiger partial charge is 0.270 e. The van der Waals surface area contributed by atoms with E-state index in [4.69, 9.17) is 4.52 Å². The van der Waals surface area contributed by atoms with Crippen LogP contribution in [-0.4, -0.2) is 28.7 Å². The Bertz CT molecular complexity index is 553. The van der Waals surface area contributed by atoms with Crippen molar-refractivity contribution in [2.75, 3.05) is 13.6 Å². The molecule has 0 saturated carbocycles. The highest BCUT2D eigenvalue weighted by Gasteiger charge is 2.12. The zero-order valence-corrected chi connectivity index (χ0v) is 9.79. The van der Waals surface area contributed by atoms with Gasteiger partial charge in [-0.1, -0.05) is 11.2 Å². The summed E-state index contributed by atoms with van der Waals surface area (Å²) in [4.78, 5) is 14.4. The molecular formula is C11H12N4O3. The van der Waals surface area contributed by atoms with Crippen LogP contribution in [0.1, 0.15) is 5.82 Å². The maximum Gasteiger partial charge on any atom is 0.270 e. The van der Waals surface area contributed by atoms with Gasteiger partial charge in [0.25, 0.3) is 11.6 Å². The first kappa shape index (κ1) is 12.2. The molecule has 0 radical (unpaired) electrons. The number of nitro benzene ring substituents is 1. The minimum Gasteiger partial charge on any atom is -0.334 e. The normalized spacial score (nSPS) is 10.5. The van der Waals surface area contributed by atoms with Crippen LogP contribution < -0.4 is 5.32 Å². The highest BCUT2D eigenvalue weighted by molar-refractivity contribution is 5.57. The van der Waals surface area contributed by atoms with Gasteiger partial charge in [-0.25, -0.2) is 0 Å². The number of nitrogens with zero attached hydrogens (tertiary/aromatic N) is 3. The fraction of sp³-hybridized carbons (Fsp3) is 0.273. The van der Waals surface area contributed by atoms with Crippen molar-refractivity contribution >= 4 is 5.69 Å². The van der Waals surface area contributed by atoms with Crippen LogP contribution in [0.15, 0.2) is 28.8 Å². The average Bonchev–Trinajstić information content (AvgIpc) is 2.85. The van der Waals surface area contributed by atoms with Gasteiger partial charge in [0.2, 0.25) is 0 Å². The molecule has 0 aliphatic rings. The zero-order chi connectivity index (χ0) is 13.0. The predicted molar refractivity (Wildman–Crippen MR) is 64.0 cm³/mol. The van der Waals surface area contributed by atoms with Gasteiger partial charge >= 0.3 is 0 Å². The molecule has 0 unspecified atom stereocenters. The van der Waals surface area contributed by atoms with Crippen LogP contribution in [0.2, 0.25) is 0 Å². The molecule has 1 aromatic heterocycles. The van der Waals surface area contributed by atoms with Gasteiger partial charge in [-0.3, -0.25) is 10.1 Å². The van der Waals surface area contributed by atoms with Crippen molar-refractivity contribution in [3.05, 3.63) is 40.2 Å². The predicted octanol–water partition coefficient (Wildman–Crippen LogP) is 1.41. The van der Waals surface area contributed by atoms with E-state index < -0.39 is 4.92 Å². The summed E-state index contributed by atoms with van der Waals surface area (Å²) in [7, 11) is 1.83. The van der Waals surface area contributed by atoms with E-state index in [1.165, 1.54) is 12.1 Å². The highest BCUT2D eigenvalue weighted by Crippen LogP contribution is 2.22. The Morgan fingerprint density at radius 3 is 3.06 bits per heavy atom. The number of nitro groups is 1. The molecule has 0 fully saturated rings. The molecule has 0 atom stereocenters. The van der Waals surface area contributed by atoms with Crippen molar-refractivity contribution < 1.29 is 9.45 Å². The van der Waals surface area contributed by atoms with Crippen LogP contribution in [0.4, 0.5) is 5.69 Å². The first-order chi connectivity index (χ1) is 8.70. The van der Waals surface area contributed by atoms with E-state index in [9.17, 15) is 10.1 Å².